The minimum absolute atomic E-state index is 0.0587. The summed E-state index contributed by atoms with van der Waals surface area (Å²) >= 11 is 0. The fraction of sp³-hybridized carbons (Fsp3) is 0.111. The lowest BCUT2D eigenvalue weighted by Gasteiger charge is -2.10. The molecule has 1 aromatic heterocycles. The first-order chi connectivity index (χ1) is 12.5. The van der Waals surface area contributed by atoms with Gasteiger partial charge in [-0.05, 0) is 30.3 Å². The zero-order valence-corrected chi connectivity index (χ0v) is 13.8. The maximum absolute atomic E-state index is 12.1. The predicted molar refractivity (Wildman–Crippen MR) is 96.4 cm³/mol. The van der Waals surface area contributed by atoms with Crippen LogP contribution < -0.4 is 15.6 Å². The summed E-state index contributed by atoms with van der Waals surface area (Å²) in [4.78, 5) is 34.2. The number of nitrogens with one attached hydrogen (secondary N) is 1. The average Bonchev–Trinajstić information content (AvgIpc) is 2.63. The van der Waals surface area contributed by atoms with Crippen LogP contribution >= 0.6 is 0 Å². The molecule has 0 fully saturated rings. The molecule has 0 bridgehead atoms. The van der Waals surface area contributed by atoms with Crippen LogP contribution in [0.3, 0.4) is 0 Å². The van der Waals surface area contributed by atoms with Crippen molar-refractivity contribution in [2.24, 2.45) is 7.05 Å². The SMILES string of the molecule is Cn1ccc2c(OCC(=O)Nc3ccc([N+](=O)[O-])cc3)cccc2c1=O. The lowest BCUT2D eigenvalue weighted by Crippen LogP contribution is -2.20. The van der Waals surface area contributed by atoms with Gasteiger partial charge >= 0.3 is 0 Å². The third kappa shape index (κ3) is 3.54. The van der Waals surface area contributed by atoms with Gasteiger partial charge in [-0.25, -0.2) is 0 Å². The highest BCUT2D eigenvalue weighted by molar-refractivity contribution is 5.93. The Bertz CT molecular complexity index is 1040. The molecule has 1 heterocycles. The molecule has 0 atom stereocenters. The van der Waals surface area contributed by atoms with E-state index in [1.807, 2.05) is 0 Å². The van der Waals surface area contributed by atoms with Gasteiger partial charge in [0, 0.05) is 36.5 Å². The number of hydrogen-bond acceptors (Lipinski definition) is 5. The third-order valence-corrected chi connectivity index (χ3v) is 3.80. The Morgan fingerprint density at radius 3 is 2.58 bits per heavy atom. The van der Waals surface area contributed by atoms with Crippen molar-refractivity contribution in [3.05, 3.63) is 75.2 Å². The molecule has 0 unspecified atom stereocenters. The van der Waals surface area contributed by atoms with Crippen molar-refractivity contribution in [3.63, 3.8) is 0 Å². The van der Waals surface area contributed by atoms with Crippen molar-refractivity contribution in [1.29, 1.82) is 0 Å². The quantitative estimate of drug-likeness (QED) is 0.560. The Morgan fingerprint density at radius 1 is 1.15 bits per heavy atom. The summed E-state index contributed by atoms with van der Waals surface area (Å²) in [5, 5.41) is 14.3. The van der Waals surface area contributed by atoms with Crippen LogP contribution in [0.15, 0.2) is 59.5 Å². The molecule has 1 amide bonds. The Hall–Kier alpha value is -3.68. The number of amides is 1. The predicted octanol–water partition coefficient (Wildman–Crippen LogP) is 2.46. The molecule has 0 radical (unpaired) electrons. The van der Waals surface area contributed by atoms with E-state index >= 15 is 0 Å². The number of aryl methyl sites for hydroxylation is 1. The molecular weight excluding hydrogens is 338 g/mol. The highest BCUT2D eigenvalue weighted by atomic mass is 16.6. The molecule has 0 saturated carbocycles. The van der Waals surface area contributed by atoms with Crippen molar-refractivity contribution in [2.45, 2.75) is 0 Å². The van der Waals surface area contributed by atoms with Crippen molar-refractivity contribution >= 4 is 28.1 Å². The fourth-order valence-corrected chi connectivity index (χ4v) is 2.48. The summed E-state index contributed by atoms with van der Waals surface area (Å²) in [5.74, 6) is 0.0127. The number of carbonyl (C=O) groups excluding carboxylic acids is 1. The second kappa shape index (κ2) is 7.06. The van der Waals surface area contributed by atoms with Gasteiger partial charge in [-0.3, -0.25) is 19.7 Å². The minimum Gasteiger partial charge on any atom is -0.483 e. The van der Waals surface area contributed by atoms with Gasteiger partial charge in [0.15, 0.2) is 6.61 Å². The van der Waals surface area contributed by atoms with Gasteiger partial charge in [0.25, 0.3) is 17.2 Å². The Kier molecular flexibility index (Phi) is 4.66. The summed E-state index contributed by atoms with van der Waals surface area (Å²) in [6.45, 7) is -0.259. The third-order valence-electron chi connectivity index (χ3n) is 3.80. The number of ether oxygens (including phenoxy) is 1. The van der Waals surface area contributed by atoms with Crippen molar-refractivity contribution in [2.75, 3.05) is 11.9 Å². The molecule has 0 saturated heterocycles. The van der Waals surface area contributed by atoms with Gasteiger partial charge in [-0.1, -0.05) is 6.07 Å². The number of hydrogen-bond donors (Lipinski definition) is 1. The number of anilines is 1. The first-order valence-corrected chi connectivity index (χ1v) is 7.71. The maximum Gasteiger partial charge on any atom is 0.269 e. The van der Waals surface area contributed by atoms with Crippen molar-refractivity contribution in [3.8, 4) is 5.75 Å². The molecule has 3 aromatic rings. The topological polar surface area (TPSA) is 103 Å². The van der Waals surface area contributed by atoms with Crippen molar-refractivity contribution < 1.29 is 14.5 Å². The van der Waals surface area contributed by atoms with Crippen LogP contribution in [0.2, 0.25) is 0 Å². The first-order valence-electron chi connectivity index (χ1n) is 7.71. The second-order valence-electron chi connectivity index (χ2n) is 5.59. The summed E-state index contributed by atoms with van der Waals surface area (Å²) in [5.41, 5.74) is 0.218. The van der Waals surface area contributed by atoms with E-state index in [0.29, 0.717) is 22.2 Å². The number of nitro benzene ring substituents is 1. The zero-order valence-electron chi connectivity index (χ0n) is 13.8. The monoisotopic (exact) mass is 353 g/mol. The lowest BCUT2D eigenvalue weighted by molar-refractivity contribution is -0.384. The van der Waals surface area contributed by atoms with E-state index in [2.05, 4.69) is 5.32 Å². The number of benzene rings is 2. The lowest BCUT2D eigenvalue weighted by atomic mass is 10.1. The summed E-state index contributed by atoms with van der Waals surface area (Å²) in [6, 6.07) is 12.3. The molecule has 26 heavy (non-hydrogen) atoms. The van der Waals surface area contributed by atoms with E-state index in [-0.39, 0.29) is 17.9 Å². The van der Waals surface area contributed by atoms with Gasteiger partial charge in [-0.2, -0.15) is 0 Å². The van der Waals surface area contributed by atoms with Gasteiger partial charge in [-0.15, -0.1) is 0 Å². The van der Waals surface area contributed by atoms with Crippen LogP contribution in [0.25, 0.3) is 10.8 Å². The number of non-ortho nitro benzene ring substituents is 1. The second-order valence-corrected chi connectivity index (χ2v) is 5.59. The van der Waals surface area contributed by atoms with Gasteiger partial charge in [0.05, 0.1) is 10.3 Å². The molecule has 0 aliphatic heterocycles. The Labute approximate surface area is 147 Å². The van der Waals surface area contributed by atoms with Crippen LogP contribution in [-0.4, -0.2) is 22.0 Å². The van der Waals surface area contributed by atoms with Crippen LogP contribution in [0.5, 0.6) is 5.75 Å². The fourth-order valence-electron chi connectivity index (χ4n) is 2.48. The van der Waals surface area contributed by atoms with Crippen LogP contribution in [-0.2, 0) is 11.8 Å². The van der Waals surface area contributed by atoms with Gasteiger partial charge in [0.1, 0.15) is 5.75 Å². The molecule has 0 aliphatic carbocycles. The standard InChI is InChI=1S/C18H15N3O5/c1-20-10-9-14-15(18(20)23)3-2-4-16(14)26-11-17(22)19-12-5-7-13(8-6-12)21(24)25/h2-10H,11H2,1H3,(H,19,22). The highest BCUT2D eigenvalue weighted by Gasteiger charge is 2.10. The average molecular weight is 353 g/mol. The van der Waals surface area contributed by atoms with E-state index in [4.69, 9.17) is 4.74 Å². The molecule has 3 rings (SSSR count). The molecule has 132 valence electrons. The van der Waals surface area contributed by atoms with Gasteiger partial charge < -0.3 is 14.6 Å². The van der Waals surface area contributed by atoms with E-state index in [9.17, 15) is 19.7 Å². The molecule has 0 spiro atoms. The summed E-state index contributed by atoms with van der Waals surface area (Å²) < 4.78 is 7.01. The number of nitro groups is 1. The number of carbonyl (C=O) groups is 1. The van der Waals surface area contributed by atoms with E-state index in [1.165, 1.54) is 28.8 Å². The largest absolute Gasteiger partial charge is 0.483 e. The van der Waals surface area contributed by atoms with E-state index in [1.54, 1.807) is 37.5 Å². The van der Waals surface area contributed by atoms with Gasteiger partial charge in [0.2, 0.25) is 0 Å². The number of nitrogens with zero attached hydrogens (tertiary/aromatic N) is 2. The first kappa shape index (κ1) is 17.2. The molecule has 0 aliphatic rings. The molecule has 8 nitrogen and oxygen atoms in total. The molecular formula is C18H15N3O5. The minimum atomic E-state index is -0.514. The summed E-state index contributed by atoms with van der Waals surface area (Å²) in [7, 11) is 1.66. The number of fused-ring (bicyclic) bond motifs is 1. The number of rotatable bonds is 5. The molecule has 2 aromatic carbocycles. The summed E-state index contributed by atoms with van der Waals surface area (Å²) in [6.07, 6.45) is 1.63. The zero-order chi connectivity index (χ0) is 18.7. The number of pyridine rings is 1. The van der Waals surface area contributed by atoms with Crippen molar-refractivity contribution in [1.82, 2.24) is 4.57 Å². The Balaban J connectivity index is 1.70. The van der Waals surface area contributed by atoms with Crippen LogP contribution in [0, 0.1) is 10.1 Å². The molecule has 8 heteroatoms. The maximum atomic E-state index is 12.1. The number of aromatic nitrogens is 1. The van der Waals surface area contributed by atoms with Crippen LogP contribution in [0.4, 0.5) is 11.4 Å². The van der Waals surface area contributed by atoms with E-state index < -0.39 is 10.8 Å². The Morgan fingerprint density at radius 2 is 1.88 bits per heavy atom. The normalized spacial score (nSPS) is 10.5. The highest BCUT2D eigenvalue weighted by Crippen LogP contribution is 2.23. The van der Waals surface area contributed by atoms with E-state index in [0.717, 1.165) is 0 Å². The van der Waals surface area contributed by atoms with Crippen LogP contribution in [0.1, 0.15) is 0 Å². The smallest absolute Gasteiger partial charge is 0.269 e. The molecule has 1 N–H and O–H groups in total.